The summed E-state index contributed by atoms with van der Waals surface area (Å²) in [5.41, 5.74) is 0.726. The predicted octanol–water partition coefficient (Wildman–Crippen LogP) is 6.06. The zero-order valence-corrected chi connectivity index (χ0v) is 19.2. The molecular weight excluding hydrogens is 388 g/mol. The first-order valence-electron chi connectivity index (χ1n) is 10.2. The van der Waals surface area contributed by atoms with Crippen LogP contribution in [0, 0.1) is 0 Å². The number of hydrogen-bond donors (Lipinski definition) is 1. The minimum Gasteiger partial charge on any atom is -0.491 e. The van der Waals surface area contributed by atoms with Crippen LogP contribution in [0.5, 0.6) is 5.75 Å². The van der Waals surface area contributed by atoms with Crippen LogP contribution in [0.15, 0.2) is 29.3 Å². The summed E-state index contributed by atoms with van der Waals surface area (Å²) in [4.78, 5) is 6.57. The molecule has 1 unspecified atom stereocenters. The fourth-order valence-corrected chi connectivity index (χ4v) is 5.95. The van der Waals surface area contributed by atoms with Crippen molar-refractivity contribution in [1.82, 2.24) is 9.71 Å². The van der Waals surface area contributed by atoms with Gasteiger partial charge in [0, 0.05) is 23.2 Å². The summed E-state index contributed by atoms with van der Waals surface area (Å²) in [6, 6.07) is 5.89. The van der Waals surface area contributed by atoms with Crippen LogP contribution in [-0.2, 0) is 11.0 Å². The summed E-state index contributed by atoms with van der Waals surface area (Å²) in [6.07, 6.45) is 8.43. The van der Waals surface area contributed by atoms with Crippen LogP contribution in [0.4, 0.5) is 0 Å². The monoisotopic (exact) mass is 420 g/mol. The first kappa shape index (κ1) is 21.5. The van der Waals surface area contributed by atoms with Gasteiger partial charge in [-0.3, -0.25) is 0 Å². The summed E-state index contributed by atoms with van der Waals surface area (Å²) in [5, 5.41) is 1.22. The van der Waals surface area contributed by atoms with Gasteiger partial charge in [0.2, 0.25) is 0 Å². The Morgan fingerprint density at radius 2 is 1.93 bits per heavy atom. The number of benzene rings is 1. The number of rotatable bonds is 6. The van der Waals surface area contributed by atoms with Crippen LogP contribution in [-0.4, -0.2) is 20.8 Å². The van der Waals surface area contributed by atoms with Crippen molar-refractivity contribution < 1.29 is 8.95 Å². The molecule has 0 spiro atoms. The van der Waals surface area contributed by atoms with Crippen molar-refractivity contribution in [3.05, 3.63) is 29.4 Å². The van der Waals surface area contributed by atoms with Crippen molar-refractivity contribution in [3.8, 4) is 16.2 Å². The Morgan fingerprint density at radius 1 is 1.21 bits per heavy atom. The highest BCUT2D eigenvalue weighted by molar-refractivity contribution is 7.83. The van der Waals surface area contributed by atoms with Crippen LogP contribution in [0.1, 0.15) is 77.6 Å². The molecule has 1 atom stereocenters. The lowest BCUT2D eigenvalue weighted by molar-refractivity contribution is 0.242. The highest BCUT2D eigenvalue weighted by Gasteiger charge is 2.23. The van der Waals surface area contributed by atoms with E-state index in [0.717, 1.165) is 21.1 Å². The van der Waals surface area contributed by atoms with Gasteiger partial charge in [0.25, 0.3) is 0 Å². The molecule has 1 saturated carbocycles. The summed E-state index contributed by atoms with van der Waals surface area (Å²) >= 11 is 1.75. The summed E-state index contributed by atoms with van der Waals surface area (Å²) in [7, 11) is -1.34. The van der Waals surface area contributed by atoms with Gasteiger partial charge in [-0.15, -0.1) is 11.3 Å². The van der Waals surface area contributed by atoms with E-state index in [1.807, 2.05) is 59.0 Å². The maximum atomic E-state index is 13.1. The molecule has 1 aliphatic rings. The van der Waals surface area contributed by atoms with Gasteiger partial charge in [0.15, 0.2) is 0 Å². The van der Waals surface area contributed by atoms with E-state index in [-0.39, 0.29) is 11.6 Å². The van der Waals surface area contributed by atoms with Crippen molar-refractivity contribution in [2.75, 3.05) is 0 Å². The minimum absolute atomic E-state index is 0.0732. The normalized spacial score (nSPS) is 17.1. The summed E-state index contributed by atoms with van der Waals surface area (Å²) < 4.78 is 22.2. The number of thiazole rings is 1. The third-order valence-corrected chi connectivity index (χ3v) is 7.40. The van der Waals surface area contributed by atoms with Crippen molar-refractivity contribution in [1.29, 1.82) is 0 Å². The van der Waals surface area contributed by atoms with E-state index >= 15 is 0 Å². The molecule has 1 aromatic heterocycles. The molecule has 2 aromatic rings. The zero-order chi connectivity index (χ0) is 20.3. The third kappa shape index (κ3) is 5.65. The molecule has 0 amide bonds. The second-order valence-electron chi connectivity index (χ2n) is 8.84. The van der Waals surface area contributed by atoms with Crippen molar-refractivity contribution in [2.45, 2.75) is 89.2 Å². The predicted molar refractivity (Wildman–Crippen MR) is 118 cm³/mol. The SMILES string of the molecule is CC(C)Oc1ccc(-c2cnc(C3CCCCC3)s2)c(S(=O)NC(C)(C)C)c1. The Balaban J connectivity index is 1.94. The lowest BCUT2D eigenvalue weighted by Crippen LogP contribution is -2.37. The fraction of sp³-hybridized carbons (Fsp3) is 0.591. The van der Waals surface area contributed by atoms with Gasteiger partial charge < -0.3 is 4.74 Å². The van der Waals surface area contributed by atoms with Gasteiger partial charge in [-0.25, -0.2) is 13.9 Å². The van der Waals surface area contributed by atoms with E-state index in [9.17, 15) is 4.21 Å². The number of nitrogens with one attached hydrogen (secondary N) is 1. The largest absolute Gasteiger partial charge is 0.491 e. The van der Waals surface area contributed by atoms with Gasteiger partial charge in [-0.1, -0.05) is 19.3 Å². The van der Waals surface area contributed by atoms with E-state index in [1.165, 1.54) is 37.1 Å². The standard InChI is InChI=1S/C22H32N2O2S2/c1-15(2)26-17-11-12-18(20(13-17)28(25)24-22(3,4)5)19-14-23-21(27-19)16-9-7-6-8-10-16/h11-16,24H,6-10H2,1-5H3. The molecule has 28 heavy (non-hydrogen) atoms. The number of nitrogens with zero attached hydrogens (tertiary/aromatic N) is 1. The first-order chi connectivity index (χ1) is 13.2. The van der Waals surface area contributed by atoms with E-state index < -0.39 is 11.0 Å². The molecule has 0 bridgehead atoms. The highest BCUT2D eigenvalue weighted by Crippen LogP contribution is 2.39. The molecule has 0 saturated heterocycles. The fourth-order valence-electron chi connectivity index (χ4n) is 3.49. The lowest BCUT2D eigenvalue weighted by atomic mass is 9.90. The van der Waals surface area contributed by atoms with Crippen LogP contribution in [0.25, 0.3) is 10.4 Å². The molecule has 1 heterocycles. The van der Waals surface area contributed by atoms with Gasteiger partial charge in [0.05, 0.1) is 20.9 Å². The summed E-state index contributed by atoms with van der Waals surface area (Å²) in [5.74, 6) is 1.33. The molecule has 0 radical (unpaired) electrons. The Labute approximate surface area is 175 Å². The maximum Gasteiger partial charge on any atom is 0.126 e. The lowest BCUT2D eigenvalue weighted by Gasteiger charge is -2.21. The molecule has 1 fully saturated rings. The van der Waals surface area contributed by atoms with Gasteiger partial charge in [-0.2, -0.15) is 0 Å². The van der Waals surface area contributed by atoms with E-state index in [4.69, 9.17) is 9.72 Å². The van der Waals surface area contributed by atoms with Crippen molar-refractivity contribution >= 4 is 22.3 Å². The summed E-state index contributed by atoms with van der Waals surface area (Å²) in [6.45, 7) is 10.1. The molecule has 1 N–H and O–H groups in total. The topological polar surface area (TPSA) is 51.2 Å². The number of aromatic nitrogens is 1. The highest BCUT2D eigenvalue weighted by atomic mass is 32.2. The van der Waals surface area contributed by atoms with Crippen LogP contribution in [0.3, 0.4) is 0 Å². The van der Waals surface area contributed by atoms with E-state index in [2.05, 4.69) is 4.72 Å². The molecule has 3 rings (SSSR count). The van der Waals surface area contributed by atoms with Crippen molar-refractivity contribution in [2.24, 2.45) is 0 Å². The minimum atomic E-state index is -1.34. The first-order valence-corrected chi connectivity index (χ1v) is 12.2. The van der Waals surface area contributed by atoms with E-state index in [0.29, 0.717) is 5.92 Å². The van der Waals surface area contributed by atoms with Gasteiger partial charge in [-0.05, 0) is 65.7 Å². The van der Waals surface area contributed by atoms with Crippen LogP contribution >= 0.6 is 11.3 Å². The third-order valence-electron chi connectivity index (χ3n) is 4.67. The molecule has 154 valence electrons. The number of hydrogen-bond acceptors (Lipinski definition) is 4. The second kappa shape index (κ2) is 9.06. The molecule has 1 aliphatic carbocycles. The maximum absolute atomic E-state index is 13.1. The quantitative estimate of drug-likeness (QED) is 0.618. The Hall–Kier alpha value is -1.24. The average molecular weight is 421 g/mol. The smallest absolute Gasteiger partial charge is 0.126 e. The van der Waals surface area contributed by atoms with Crippen LogP contribution < -0.4 is 9.46 Å². The van der Waals surface area contributed by atoms with Crippen molar-refractivity contribution in [3.63, 3.8) is 0 Å². The Bertz CT molecular complexity index is 818. The second-order valence-corrected chi connectivity index (χ2v) is 11.1. The number of ether oxygens (including phenoxy) is 1. The average Bonchev–Trinajstić information content (AvgIpc) is 3.10. The van der Waals surface area contributed by atoms with Gasteiger partial charge >= 0.3 is 0 Å². The molecular formula is C22H32N2O2S2. The van der Waals surface area contributed by atoms with Gasteiger partial charge in [0.1, 0.15) is 16.7 Å². The Morgan fingerprint density at radius 3 is 2.57 bits per heavy atom. The molecule has 0 aliphatic heterocycles. The van der Waals surface area contributed by atoms with E-state index in [1.54, 1.807) is 11.3 Å². The van der Waals surface area contributed by atoms with Crippen LogP contribution in [0.2, 0.25) is 0 Å². The molecule has 6 heteroatoms. The molecule has 4 nitrogen and oxygen atoms in total. The Kier molecular flexibility index (Phi) is 6.94. The molecule has 1 aromatic carbocycles. The zero-order valence-electron chi connectivity index (χ0n) is 17.6.